The molecule has 0 bridgehead atoms. The fourth-order valence-electron chi connectivity index (χ4n) is 2.56. The molecule has 1 atom stereocenters. The van der Waals surface area contributed by atoms with E-state index in [9.17, 15) is 0 Å². The summed E-state index contributed by atoms with van der Waals surface area (Å²) in [6.07, 6.45) is 5.05. The minimum atomic E-state index is 0.664. The van der Waals surface area contributed by atoms with Crippen molar-refractivity contribution in [3.63, 3.8) is 0 Å². The maximum Gasteiger partial charge on any atom is 0.191 e. The van der Waals surface area contributed by atoms with Gasteiger partial charge < -0.3 is 15.5 Å². The number of hydrogen-bond acceptors (Lipinski definition) is 2. The predicted molar refractivity (Wildman–Crippen MR) is 83.7 cm³/mol. The molecule has 1 unspecified atom stereocenters. The highest BCUT2D eigenvalue weighted by atomic mass is 15.2. The summed E-state index contributed by atoms with van der Waals surface area (Å²) in [7, 11) is 2.22. The Hall–Kier alpha value is -0.770. The van der Waals surface area contributed by atoms with Gasteiger partial charge in [-0.15, -0.1) is 0 Å². The van der Waals surface area contributed by atoms with Crippen LogP contribution in [0, 0.1) is 5.92 Å². The van der Waals surface area contributed by atoms with Crippen molar-refractivity contribution >= 4 is 5.96 Å². The van der Waals surface area contributed by atoms with Gasteiger partial charge in [0, 0.05) is 25.7 Å². The highest BCUT2D eigenvalue weighted by Gasteiger charge is 2.20. The largest absolute Gasteiger partial charge is 0.357 e. The summed E-state index contributed by atoms with van der Waals surface area (Å²) in [6.45, 7) is 10.7. The van der Waals surface area contributed by atoms with Gasteiger partial charge in [-0.1, -0.05) is 26.7 Å². The van der Waals surface area contributed by atoms with Crippen molar-refractivity contribution in [2.45, 2.75) is 52.5 Å². The van der Waals surface area contributed by atoms with E-state index in [4.69, 9.17) is 4.99 Å². The van der Waals surface area contributed by atoms with E-state index in [0.717, 1.165) is 25.6 Å². The van der Waals surface area contributed by atoms with Gasteiger partial charge in [0.2, 0.25) is 0 Å². The zero-order valence-corrected chi connectivity index (χ0v) is 13.2. The SMILES string of the molecule is CCNC(=NCC(CC)CC)NCC1CCCN1C. The van der Waals surface area contributed by atoms with E-state index in [1.807, 2.05) is 0 Å². The van der Waals surface area contributed by atoms with Gasteiger partial charge in [0.05, 0.1) is 0 Å². The second-order valence-corrected chi connectivity index (χ2v) is 5.56. The van der Waals surface area contributed by atoms with E-state index < -0.39 is 0 Å². The Bertz CT molecular complexity index is 261. The summed E-state index contributed by atoms with van der Waals surface area (Å²) in [5.74, 6) is 1.69. The molecule has 0 spiro atoms. The van der Waals surface area contributed by atoms with Crippen molar-refractivity contribution in [1.82, 2.24) is 15.5 Å². The van der Waals surface area contributed by atoms with Gasteiger partial charge in [-0.3, -0.25) is 4.99 Å². The highest BCUT2D eigenvalue weighted by Crippen LogP contribution is 2.13. The first-order valence-corrected chi connectivity index (χ1v) is 7.93. The third kappa shape index (κ3) is 5.81. The molecule has 1 aliphatic rings. The topological polar surface area (TPSA) is 39.7 Å². The van der Waals surface area contributed by atoms with Gasteiger partial charge in [0.25, 0.3) is 0 Å². The number of hydrogen-bond donors (Lipinski definition) is 2. The fraction of sp³-hybridized carbons (Fsp3) is 0.933. The molecule has 1 saturated heterocycles. The molecular formula is C15H32N4. The summed E-state index contributed by atoms with van der Waals surface area (Å²) in [5, 5.41) is 6.84. The van der Waals surface area contributed by atoms with Crippen molar-refractivity contribution in [3.05, 3.63) is 0 Å². The number of nitrogens with one attached hydrogen (secondary N) is 2. The lowest BCUT2D eigenvalue weighted by Crippen LogP contribution is -2.44. The molecule has 4 nitrogen and oxygen atoms in total. The molecule has 2 N–H and O–H groups in total. The molecule has 1 heterocycles. The number of aliphatic imine (C=N–C) groups is 1. The molecule has 1 aliphatic heterocycles. The predicted octanol–water partition coefficient (Wildman–Crippen LogP) is 2.07. The smallest absolute Gasteiger partial charge is 0.191 e. The van der Waals surface area contributed by atoms with Crippen molar-refractivity contribution in [2.75, 3.05) is 33.2 Å². The lowest BCUT2D eigenvalue weighted by Gasteiger charge is -2.21. The first-order valence-electron chi connectivity index (χ1n) is 7.93. The molecule has 0 aliphatic carbocycles. The van der Waals surface area contributed by atoms with E-state index in [1.165, 1.54) is 32.2 Å². The summed E-state index contributed by atoms with van der Waals surface area (Å²) in [6, 6.07) is 0.664. The third-order valence-corrected chi connectivity index (χ3v) is 4.18. The van der Waals surface area contributed by atoms with Crippen LogP contribution in [0.1, 0.15) is 46.5 Å². The van der Waals surface area contributed by atoms with E-state index >= 15 is 0 Å². The highest BCUT2D eigenvalue weighted by molar-refractivity contribution is 5.79. The molecule has 0 aromatic heterocycles. The number of likely N-dealkylation sites (N-methyl/N-ethyl adjacent to an activating group) is 1. The van der Waals surface area contributed by atoms with Gasteiger partial charge in [-0.25, -0.2) is 0 Å². The zero-order chi connectivity index (χ0) is 14.1. The standard InChI is InChI=1S/C15H32N4/c1-5-13(6-2)11-17-15(16-7-3)18-12-14-9-8-10-19(14)4/h13-14H,5-12H2,1-4H3,(H2,16,17,18). The van der Waals surface area contributed by atoms with Gasteiger partial charge in [0.15, 0.2) is 5.96 Å². The van der Waals surface area contributed by atoms with E-state index in [2.05, 4.69) is 43.4 Å². The summed E-state index contributed by atoms with van der Waals surface area (Å²) < 4.78 is 0. The van der Waals surface area contributed by atoms with Crippen molar-refractivity contribution < 1.29 is 0 Å². The average molecular weight is 268 g/mol. The van der Waals surface area contributed by atoms with E-state index in [-0.39, 0.29) is 0 Å². The number of rotatable bonds is 7. The quantitative estimate of drug-likeness (QED) is 0.548. The fourth-order valence-corrected chi connectivity index (χ4v) is 2.56. The van der Waals surface area contributed by atoms with Crippen LogP contribution >= 0.6 is 0 Å². The number of guanidine groups is 1. The van der Waals surface area contributed by atoms with Crippen LogP contribution in [-0.4, -0.2) is 50.1 Å². The molecule has 0 aromatic rings. The maximum absolute atomic E-state index is 4.72. The number of likely N-dealkylation sites (tertiary alicyclic amines) is 1. The second-order valence-electron chi connectivity index (χ2n) is 5.56. The van der Waals surface area contributed by atoms with Gasteiger partial charge >= 0.3 is 0 Å². The van der Waals surface area contributed by atoms with Gasteiger partial charge in [0.1, 0.15) is 0 Å². The second kappa shape index (κ2) is 9.18. The Morgan fingerprint density at radius 3 is 2.53 bits per heavy atom. The van der Waals surface area contributed by atoms with E-state index in [0.29, 0.717) is 12.0 Å². The molecule has 0 radical (unpaired) electrons. The van der Waals surface area contributed by atoms with Crippen LogP contribution in [-0.2, 0) is 0 Å². The Morgan fingerprint density at radius 1 is 1.26 bits per heavy atom. The molecule has 0 saturated carbocycles. The van der Waals surface area contributed by atoms with Crippen molar-refractivity contribution in [3.8, 4) is 0 Å². The maximum atomic E-state index is 4.72. The van der Waals surface area contributed by atoms with Crippen LogP contribution in [0.3, 0.4) is 0 Å². The third-order valence-electron chi connectivity index (χ3n) is 4.18. The normalized spacial score (nSPS) is 21.1. The van der Waals surface area contributed by atoms with E-state index in [1.54, 1.807) is 0 Å². The van der Waals surface area contributed by atoms with Crippen molar-refractivity contribution in [2.24, 2.45) is 10.9 Å². The molecule has 1 rings (SSSR count). The van der Waals surface area contributed by atoms with Crippen LogP contribution in [0.2, 0.25) is 0 Å². The molecular weight excluding hydrogens is 236 g/mol. The zero-order valence-electron chi connectivity index (χ0n) is 13.2. The first-order chi connectivity index (χ1) is 9.21. The monoisotopic (exact) mass is 268 g/mol. The molecule has 0 aromatic carbocycles. The van der Waals surface area contributed by atoms with Gasteiger partial charge in [-0.2, -0.15) is 0 Å². The molecule has 4 heteroatoms. The minimum Gasteiger partial charge on any atom is -0.357 e. The summed E-state index contributed by atoms with van der Waals surface area (Å²) in [4.78, 5) is 7.16. The molecule has 19 heavy (non-hydrogen) atoms. The Morgan fingerprint density at radius 2 is 2.00 bits per heavy atom. The lowest BCUT2D eigenvalue weighted by molar-refractivity contribution is 0.309. The van der Waals surface area contributed by atoms with Crippen LogP contribution in [0.25, 0.3) is 0 Å². The van der Waals surface area contributed by atoms with Crippen LogP contribution < -0.4 is 10.6 Å². The number of nitrogens with zero attached hydrogens (tertiary/aromatic N) is 2. The Kier molecular flexibility index (Phi) is 7.87. The van der Waals surface area contributed by atoms with Crippen LogP contribution in [0.15, 0.2) is 4.99 Å². The van der Waals surface area contributed by atoms with Gasteiger partial charge in [-0.05, 0) is 39.3 Å². The van der Waals surface area contributed by atoms with Crippen molar-refractivity contribution in [1.29, 1.82) is 0 Å². The molecule has 1 fully saturated rings. The molecule has 0 amide bonds. The Balaban J connectivity index is 2.40. The summed E-state index contributed by atoms with van der Waals surface area (Å²) in [5.41, 5.74) is 0. The Labute approximate surface area is 119 Å². The average Bonchev–Trinajstić information content (AvgIpc) is 2.82. The minimum absolute atomic E-state index is 0.664. The first kappa shape index (κ1) is 16.3. The van der Waals surface area contributed by atoms with Crippen LogP contribution in [0.5, 0.6) is 0 Å². The van der Waals surface area contributed by atoms with Crippen LogP contribution in [0.4, 0.5) is 0 Å². The summed E-state index contributed by atoms with van der Waals surface area (Å²) >= 11 is 0. The lowest BCUT2D eigenvalue weighted by atomic mass is 10.0. The molecule has 112 valence electrons.